The molecule has 0 spiro atoms. The van der Waals surface area contributed by atoms with Gasteiger partial charge in [-0.3, -0.25) is 4.79 Å². The maximum absolute atomic E-state index is 14.0. The first-order valence-corrected chi connectivity index (χ1v) is 12.5. The summed E-state index contributed by atoms with van der Waals surface area (Å²) in [7, 11) is -8.16. The zero-order valence-electron chi connectivity index (χ0n) is 16.4. The molecule has 1 amide bonds. The van der Waals surface area contributed by atoms with Crippen LogP contribution in [-0.4, -0.2) is 81.2 Å². The van der Waals surface area contributed by atoms with Gasteiger partial charge in [-0.05, 0) is 24.3 Å². The van der Waals surface area contributed by atoms with Crippen LogP contribution in [0.2, 0.25) is 0 Å². The van der Waals surface area contributed by atoms with Gasteiger partial charge in [0.15, 0.2) is 23.3 Å². The van der Waals surface area contributed by atoms with Crippen LogP contribution in [-0.2, 0) is 24.8 Å². The zero-order valence-corrected chi connectivity index (χ0v) is 18.0. The number of amidine groups is 1. The lowest BCUT2D eigenvalue weighted by atomic mass is 10.1. The van der Waals surface area contributed by atoms with E-state index < -0.39 is 48.3 Å². The molecule has 4 rings (SSSR count). The van der Waals surface area contributed by atoms with Crippen LogP contribution in [0.1, 0.15) is 0 Å². The number of fused-ring (bicyclic) bond motifs is 1. The molecular weight excluding hydrogens is 473 g/mol. The van der Waals surface area contributed by atoms with Gasteiger partial charge >= 0.3 is 0 Å². The molecule has 3 aliphatic heterocycles. The Morgan fingerprint density at radius 3 is 2.38 bits per heavy atom. The fourth-order valence-corrected chi connectivity index (χ4v) is 6.00. The van der Waals surface area contributed by atoms with Crippen LogP contribution in [0, 0.1) is 17.5 Å². The SMILES string of the molecule is O=C(C1=CC=CN2CCS(=O)(=O)N=C12)N1CCN(S(=O)(=O)c2ccc(F)c(F)c2F)CC1. The Morgan fingerprint density at radius 2 is 1.69 bits per heavy atom. The van der Waals surface area contributed by atoms with E-state index in [0.717, 1.165) is 4.31 Å². The van der Waals surface area contributed by atoms with Crippen LogP contribution in [0.25, 0.3) is 0 Å². The number of halogens is 3. The summed E-state index contributed by atoms with van der Waals surface area (Å²) >= 11 is 0. The van der Waals surface area contributed by atoms with Gasteiger partial charge in [0.2, 0.25) is 10.0 Å². The third-order valence-corrected chi connectivity index (χ3v) is 8.30. The second-order valence-electron chi connectivity index (χ2n) is 7.19. The molecule has 1 saturated heterocycles. The first-order chi connectivity index (χ1) is 15.0. The van der Waals surface area contributed by atoms with Gasteiger partial charge in [-0.1, -0.05) is 0 Å². The Labute approximate surface area is 182 Å². The number of piperazine rings is 1. The average Bonchev–Trinajstić information content (AvgIpc) is 2.76. The molecule has 0 atom stereocenters. The van der Waals surface area contributed by atoms with Crippen LogP contribution >= 0.6 is 0 Å². The van der Waals surface area contributed by atoms with E-state index in [4.69, 9.17) is 0 Å². The van der Waals surface area contributed by atoms with Crippen LogP contribution < -0.4 is 0 Å². The number of rotatable bonds is 3. The molecule has 0 aliphatic carbocycles. The lowest BCUT2D eigenvalue weighted by Crippen LogP contribution is -2.52. The maximum Gasteiger partial charge on any atom is 0.257 e. The van der Waals surface area contributed by atoms with Crippen LogP contribution in [0.15, 0.2) is 45.4 Å². The van der Waals surface area contributed by atoms with Crippen LogP contribution in [0.4, 0.5) is 13.2 Å². The molecule has 3 aliphatic rings. The highest BCUT2D eigenvalue weighted by molar-refractivity contribution is 7.90. The topological polar surface area (TPSA) is 107 Å². The summed E-state index contributed by atoms with van der Waals surface area (Å²) in [4.78, 5) is 14.9. The predicted octanol–water partition coefficient (Wildman–Crippen LogP) is 0.434. The molecule has 1 fully saturated rings. The summed E-state index contributed by atoms with van der Waals surface area (Å²) in [6, 6.07) is 1.18. The standard InChI is InChI=1S/C18H17F3N4O5S2/c19-13-3-4-14(16(21)15(13)20)32(29,30)25-8-6-24(7-9-25)18(26)12-2-1-5-23-10-11-31(27,28)22-17(12)23/h1-5H,6-11H2. The summed E-state index contributed by atoms with van der Waals surface area (Å²) in [5, 5.41) is 0. The predicted molar refractivity (Wildman–Crippen MR) is 107 cm³/mol. The van der Waals surface area contributed by atoms with Crippen molar-refractivity contribution in [3.8, 4) is 0 Å². The molecule has 0 radical (unpaired) electrons. The van der Waals surface area contributed by atoms with Gasteiger partial charge in [0.25, 0.3) is 15.9 Å². The molecule has 3 heterocycles. The van der Waals surface area contributed by atoms with Gasteiger partial charge in [0.1, 0.15) is 4.90 Å². The third kappa shape index (κ3) is 3.93. The maximum atomic E-state index is 14.0. The minimum Gasteiger partial charge on any atom is -0.336 e. The normalized spacial score (nSPS) is 21.1. The van der Waals surface area contributed by atoms with Gasteiger partial charge in [0.05, 0.1) is 11.3 Å². The number of benzene rings is 1. The van der Waals surface area contributed by atoms with Crippen LogP contribution in [0.5, 0.6) is 0 Å². The molecule has 0 N–H and O–H groups in total. The van der Waals surface area contributed by atoms with Crippen molar-refractivity contribution in [2.24, 2.45) is 4.40 Å². The zero-order chi connectivity index (χ0) is 23.3. The van der Waals surface area contributed by atoms with Crippen molar-refractivity contribution in [1.82, 2.24) is 14.1 Å². The molecule has 0 unspecified atom stereocenters. The van der Waals surface area contributed by atoms with E-state index in [2.05, 4.69) is 4.40 Å². The van der Waals surface area contributed by atoms with E-state index in [1.54, 1.807) is 17.2 Å². The number of hydrogen-bond donors (Lipinski definition) is 0. The number of sulfonamides is 2. The lowest BCUT2D eigenvalue weighted by Gasteiger charge is -2.36. The second kappa shape index (κ2) is 8.01. The van der Waals surface area contributed by atoms with Gasteiger partial charge in [-0.25, -0.2) is 30.0 Å². The molecule has 32 heavy (non-hydrogen) atoms. The van der Waals surface area contributed by atoms with Crippen molar-refractivity contribution in [2.75, 3.05) is 38.5 Å². The van der Waals surface area contributed by atoms with Crippen molar-refractivity contribution in [2.45, 2.75) is 4.90 Å². The minimum absolute atomic E-state index is 0.00246. The van der Waals surface area contributed by atoms with Crippen molar-refractivity contribution in [1.29, 1.82) is 0 Å². The Bertz CT molecular complexity index is 1280. The summed E-state index contributed by atoms with van der Waals surface area (Å²) in [6.45, 7) is -0.447. The number of allylic oxidation sites excluding steroid dienone is 2. The van der Waals surface area contributed by atoms with Gasteiger partial charge in [-0.2, -0.15) is 4.31 Å². The second-order valence-corrected chi connectivity index (χ2v) is 10.8. The summed E-state index contributed by atoms with van der Waals surface area (Å²) in [6.07, 6.45) is 4.61. The fourth-order valence-electron chi connectivity index (χ4n) is 3.53. The molecule has 9 nitrogen and oxygen atoms in total. The van der Waals surface area contributed by atoms with Gasteiger partial charge in [0, 0.05) is 38.9 Å². The molecule has 0 aromatic heterocycles. The molecule has 0 saturated carbocycles. The molecule has 172 valence electrons. The number of hydrogen-bond acceptors (Lipinski definition) is 6. The van der Waals surface area contributed by atoms with Crippen molar-refractivity contribution in [3.63, 3.8) is 0 Å². The van der Waals surface area contributed by atoms with E-state index in [-0.39, 0.29) is 49.9 Å². The first kappa shape index (κ1) is 22.5. The quantitative estimate of drug-likeness (QED) is 0.569. The van der Waals surface area contributed by atoms with Crippen LogP contribution in [0.3, 0.4) is 0 Å². The Hall–Kier alpha value is -2.71. The minimum atomic E-state index is -4.46. The highest BCUT2D eigenvalue weighted by atomic mass is 32.2. The number of carbonyl (C=O) groups is 1. The number of amides is 1. The summed E-state index contributed by atoms with van der Waals surface area (Å²) < 4.78 is 94.3. The van der Waals surface area contributed by atoms with E-state index in [1.165, 1.54) is 11.0 Å². The van der Waals surface area contributed by atoms with E-state index in [0.29, 0.717) is 12.1 Å². The van der Waals surface area contributed by atoms with Crippen molar-refractivity contribution in [3.05, 3.63) is 53.5 Å². The average molecular weight is 490 g/mol. The Kier molecular flexibility index (Phi) is 5.63. The molecule has 1 aromatic carbocycles. The first-order valence-electron chi connectivity index (χ1n) is 9.42. The smallest absolute Gasteiger partial charge is 0.257 e. The number of carbonyl (C=O) groups excluding carboxylic acids is 1. The summed E-state index contributed by atoms with van der Waals surface area (Å²) in [5.41, 5.74) is 0.0544. The van der Waals surface area contributed by atoms with Crippen molar-refractivity contribution >= 4 is 31.8 Å². The van der Waals surface area contributed by atoms with Crippen molar-refractivity contribution < 1.29 is 34.8 Å². The fraction of sp³-hybridized carbons (Fsp3) is 0.333. The highest BCUT2D eigenvalue weighted by Gasteiger charge is 2.36. The largest absolute Gasteiger partial charge is 0.336 e. The van der Waals surface area contributed by atoms with Gasteiger partial charge in [-0.15, -0.1) is 4.40 Å². The molecular formula is C18H17F3N4O5S2. The summed E-state index contributed by atoms with van der Waals surface area (Å²) in [5.74, 6) is -5.91. The van der Waals surface area contributed by atoms with E-state index in [9.17, 15) is 34.8 Å². The molecule has 0 bridgehead atoms. The third-order valence-electron chi connectivity index (χ3n) is 5.23. The lowest BCUT2D eigenvalue weighted by molar-refractivity contribution is -0.127. The Balaban J connectivity index is 1.51. The molecule has 1 aromatic rings. The van der Waals surface area contributed by atoms with Gasteiger partial charge < -0.3 is 9.80 Å². The molecule has 14 heteroatoms. The monoisotopic (exact) mass is 490 g/mol. The number of nitrogens with zero attached hydrogens (tertiary/aromatic N) is 4. The van der Waals surface area contributed by atoms with E-state index in [1.807, 2.05) is 0 Å². The highest BCUT2D eigenvalue weighted by Crippen LogP contribution is 2.25. The van der Waals surface area contributed by atoms with E-state index >= 15 is 0 Å². The Morgan fingerprint density at radius 1 is 1.00 bits per heavy atom.